The zero-order valence-corrected chi connectivity index (χ0v) is 8.50. The molecule has 0 bridgehead atoms. The van der Waals surface area contributed by atoms with Gasteiger partial charge >= 0.3 is 0 Å². The fraction of sp³-hybridized carbons (Fsp3) is 0.250. The summed E-state index contributed by atoms with van der Waals surface area (Å²) in [5.41, 5.74) is 6.90. The predicted octanol–water partition coefficient (Wildman–Crippen LogP) is 2.52. The fourth-order valence-corrected chi connectivity index (χ4v) is 1.41. The maximum atomic E-state index is 13.4. The van der Waals surface area contributed by atoms with Crippen molar-refractivity contribution in [3.05, 3.63) is 21.9 Å². The first kappa shape index (κ1) is 9.32. The molecule has 0 aliphatic carbocycles. The second-order valence-corrected chi connectivity index (χ2v) is 3.37. The Labute approximate surface area is 79.1 Å². The molecule has 0 amide bonds. The zero-order valence-electron chi connectivity index (χ0n) is 6.91. The SMILES string of the molecule is CNc1c(N)cc(Br)c(C)c1F. The second-order valence-electron chi connectivity index (χ2n) is 2.51. The Morgan fingerprint density at radius 1 is 1.58 bits per heavy atom. The number of nitrogens with one attached hydrogen (secondary N) is 1. The maximum Gasteiger partial charge on any atom is 0.152 e. The van der Waals surface area contributed by atoms with Crippen LogP contribution < -0.4 is 11.1 Å². The molecule has 0 saturated carbocycles. The standard InChI is InChI=1S/C8H10BrFN2/c1-4-5(9)3-6(11)8(12-2)7(4)10/h3,12H,11H2,1-2H3. The van der Waals surface area contributed by atoms with Crippen LogP contribution in [0.4, 0.5) is 15.8 Å². The van der Waals surface area contributed by atoms with E-state index in [1.807, 2.05) is 0 Å². The van der Waals surface area contributed by atoms with E-state index < -0.39 is 0 Å². The third-order valence-electron chi connectivity index (χ3n) is 1.73. The van der Waals surface area contributed by atoms with Crippen LogP contribution in [0.3, 0.4) is 0 Å². The lowest BCUT2D eigenvalue weighted by Gasteiger charge is -2.09. The van der Waals surface area contributed by atoms with E-state index in [4.69, 9.17) is 5.73 Å². The minimum atomic E-state index is -0.302. The Morgan fingerprint density at radius 3 is 2.67 bits per heavy atom. The smallest absolute Gasteiger partial charge is 0.152 e. The number of hydrogen-bond donors (Lipinski definition) is 2. The fourth-order valence-electron chi connectivity index (χ4n) is 0.990. The average Bonchev–Trinajstić information content (AvgIpc) is 2.01. The van der Waals surface area contributed by atoms with E-state index in [2.05, 4.69) is 21.2 Å². The highest BCUT2D eigenvalue weighted by Gasteiger charge is 2.10. The van der Waals surface area contributed by atoms with Gasteiger partial charge in [-0.3, -0.25) is 0 Å². The Balaban J connectivity index is 3.40. The summed E-state index contributed by atoms with van der Waals surface area (Å²) < 4.78 is 14.0. The molecule has 0 aliphatic heterocycles. The summed E-state index contributed by atoms with van der Waals surface area (Å²) in [6.45, 7) is 1.69. The van der Waals surface area contributed by atoms with Crippen LogP contribution in [0.5, 0.6) is 0 Å². The van der Waals surface area contributed by atoms with Crippen molar-refractivity contribution >= 4 is 27.3 Å². The molecule has 0 unspecified atom stereocenters. The van der Waals surface area contributed by atoms with Gasteiger partial charge in [-0.15, -0.1) is 0 Å². The number of benzene rings is 1. The van der Waals surface area contributed by atoms with Crippen LogP contribution in [-0.2, 0) is 0 Å². The molecule has 0 aromatic heterocycles. The largest absolute Gasteiger partial charge is 0.397 e. The molecule has 3 N–H and O–H groups in total. The molecule has 0 radical (unpaired) electrons. The minimum Gasteiger partial charge on any atom is -0.397 e. The van der Waals surface area contributed by atoms with E-state index in [1.54, 1.807) is 20.0 Å². The number of anilines is 2. The second kappa shape index (κ2) is 3.31. The van der Waals surface area contributed by atoms with E-state index in [0.717, 1.165) is 0 Å². The molecule has 0 fully saturated rings. The molecular weight excluding hydrogens is 223 g/mol. The lowest BCUT2D eigenvalue weighted by Crippen LogP contribution is -2.01. The van der Waals surface area contributed by atoms with Crippen molar-refractivity contribution in [1.82, 2.24) is 0 Å². The van der Waals surface area contributed by atoms with Gasteiger partial charge in [-0.1, -0.05) is 15.9 Å². The number of hydrogen-bond acceptors (Lipinski definition) is 2. The summed E-state index contributed by atoms with van der Waals surface area (Å²) in [6.07, 6.45) is 0. The zero-order chi connectivity index (χ0) is 9.30. The van der Waals surface area contributed by atoms with Crippen LogP contribution in [-0.4, -0.2) is 7.05 Å². The topological polar surface area (TPSA) is 38.0 Å². The van der Waals surface area contributed by atoms with Gasteiger partial charge in [0.2, 0.25) is 0 Å². The molecule has 12 heavy (non-hydrogen) atoms. The average molecular weight is 233 g/mol. The Morgan fingerprint density at radius 2 is 2.17 bits per heavy atom. The van der Waals surface area contributed by atoms with Crippen LogP contribution in [0, 0.1) is 12.7 Å². The van der Waals surface area contributed by atoms with Gasteiger partial charge in [0, 0.05) is 17.1 Å². The van der Waals surface area contributed by atoms with E-state index in [-0.39, 0.29) is 5.82 Å². The molecule has 2 nitrogen and oxygen atoms in total. The monoisotopic (exact) mass is 232 g/mol. The van der Waals surface area contributed by atoms with Gasteiger partial charge in [-0.05, 0) is 13.0 Å². The van der Waals surface area contributed by atoms with Gasteiger partial charge in [-0.25, -0.2) is 4.39 Å². The highest BCUT2D eigenvalue weighted by atomic mass is 79.9. The summed E-state index contributed by atoms with van der Waals surface area (Å²) in [4.78, 5) is 0. The van der Waals surface area contributed by atoms with Crippen molar-refractivity contribution in [3.8, 4) is 0 Å². The van der Waals surface area contributed by atoms with Crippen LogP contribution in [0.2, 0.25) is 0 Å². The number of nitrogen functional groups attached to an aromatic ring is 1. The molecule has 4 heteroatoms. The highest BCUT2D eigenvalue weighted by molar-refractivity contribution is 9.10. The van der Waals surface area contributed by atoms with Gasteiger partial charge in [0.05, 0.1) is 11.4 Å². The quantitative estimate of drug-likeness (QED) is 0.731. The van der Waals surface area contributed by atoms with Crippen molar-refractivity contribution < 1.29 is 4.39 Å². The normalized spacial score (nSPS) is 10.0. The first-order valence-corrected chi connectivity index (χ1v) is 4.29. The van der Waals surface area contributed by atoms with Crippen molar-refractivity contribution in [2.45, 2.75) is 6.92 Å². The summed E-state index contributed by atoms with van der Waals surface area (Å²) in [5.74, 6) is -0.302. The van der Waals surface area contributed by atoms with Crippen LogP contribution >= 0.6 is 15.9 Å². The predicted molar refractivity (Wildman–Crippen MR) is 52.8 cm³/mol. The first-order valence-electron chi connectivity index (χ1n) is 3.49. The Hall–Kier alpha value is -0.770. The molecule has 0 atom stereocenters. The summed E-state index contributed by atoms with van der Waals surface area (Å²) >= 11 is 3.21. The number of halogens is 2. The number of nitrogens with two attached hydrogens (primary N) is 1. The van der Waals surface area contributed by atoms with Gasteiger partial charge in [0.25, 0.3) is 0 Å². The number of rotatable bonds is 1. The Kier molecular flexibility index (Phi) is 2.57. The molecule has 1 rings (SSSR count). The van der Waals surface area contributed by atoms with E-state index >= 15 is 0 Å². The van der Waals surface area contributed by atoms with Gasteiger partial charge in [0.1, 0.15) is 0 Å². The van der Waals surface area contributed by atoms with Gasteiger partial charge in [0.15, 0.2) is 5.82 Å². The van der Waals surface area contributed by atoms with E-state index in [1.165, 1.54) is 0 Å². The molecule has 1 aromatic carbocycles. The lowest BCUT2D eigenvalue weighted by molar-refractivity contribution is 0.621. The van der Waals surface area contributed by atoms with E-state index in [0.29, 0.717) is 21.4 Å². The van der Waals surface area contributed by atoms with Crippen molar-refractivity contribution in [1.29, 1.82) is 0 Å². The van der Waals surface area contributed by atoms with Crippen molar-refractivity contribution in [2.75, 3.05) is 18.1 Å². The summed E-state index contributed by atoms with van der Waals surface area (Å²) in [7, 11) is 1.64. The summed E-state index contributed by atoms with van der Waals surface area (Å²) in [6, 6.07) is 1.68. The van der Waals surface area contributed by atoms with Gasteiger partial charge < -0.3 is 11.1 Å². The molecule has 0 aliphatic rings. The third kappa shape index (κ3) is 1.39. The maximum absolute atomic E-state index is 13.4. The Bertz CT molecular complexity index is 312. The molecule has 1 aromatic rings. The highest BCUT2D eigenvalue weighted by Crippen LogP contribution is 2.30. The molecule has 0 spiro atoms. The van der Waals surface area contributed by atoms with Crippen LogP contribution in [0.15, 0.2) is 10.5 Å². The molecule has 0 saturated heterocycles. The molecule has 0 heterocycles. The van der Waals surface area contributed by atoms with Crippen LogP contribution in [0.25, 0.3) is 0 Å². The third-order valence-corrected chi connectivity index (χ3v) is 2.55. The van der Waals surface area contributed by atoms with Crippen molar-refractivity contribution in [3.63, 3.8) is 0 Å². The molecular formula is C8H10BrFN2. The van der Waals surface area contributed by atoms with Crippen LogP contribution in [0.1, 0.15) is 5.56 Å². The summed E-state index contributed by atoms with van der Waals surface area (Å²) in [5, 5.41) is 2.71. The van der Waals surface area contributed by atoms with Crippen molar-refractivity contribution in [2.24, 2.45) is 0 Å². The lowest BCUT2D eigenvalue weighted by atomic mass is 10.2. The van der Waals surface area contributed by atoms with Gasteiger partial charge in [-0.2, -0.15) is 0 Å². The first-order chi connectivity index (χ1) is 5.57. The van der Waals surface area contributed by atoms with E-state index in [9.17, 15) is 4.39 Å². The minimum absolute atomic E-state index is 0.302. The molecule has 66 valence electrons.